The van der Waals surface area contributed by atoms with Crippen LogP contribution >= 0.6 is 0 Å². The van der Waals surface area contributed by atoms with E-state index in [1.54, 1.807) is 47.2 Å². The molecule has 0 radical (unpaired) electrons. The van der Waals surface area contributed by atoms with E-state index in [1.807, 2.05) is 54.6 Å². The van der Waals surface area contributed by atoms with Gasteiger partial charge in [0, 0.05) is 11.3 Å². The molecule has 6 rings (SSSR count). The van der Waals surface area contributed by atoms with Crippen LogP contribution in [0, 0.1) is 0 Å². The Bertz CT molecular complexity index is 1250. The van der Waals surface area contributed by atoms with Gasteiger partial charge in [-0.3, -0.25) is 19.4 Å². The SMILES string of the molecule is CN1C2c3ccccc3N3C(=O)N(c4ccccc4)C(=O)C31C(=O)N2c1ccccc1. The number of fused-ring (bicyclic) bond motifs is 4. The number of rotatable bonds is 2. The van der Waals surface area contributed by atoms with Crippen molar-refractivity contribution in [1.82, 2.24) is 4.90 Å². The summed E-state index contributed by atoms with van der Waals surface area (Å²) in [5, 5.41) is 0. The van der Waals surface area contributed by atoms with Crippen LogP contribution in [0.1, 0.15) is 11.7 Å². The molecule has 2 unspecified atom stereocenters. The van der Waals surface area contributed by atoms with Crippen LogP contribution in [0.25, 0.3) is 0 Å². The monoisotopic (exact) mass is 410 g/mol. The third-order valence-corrected chi connectivity index (χ3v) is 6.35. The van der Waals surface area contributed by atoms with Crippen molar-refractivity contribution in [1.29, 1.82) is 0 Å². The summed E-state index contributed by atoms with van der Waals surface area (Å²) in [6.07, 6.45) is -0.505. The first-order valence-corrected chi connectivity index (χ1v) is 10.0. The minimum absolute atomic E-state index is 0.431. The largest absolute Gasteiger partial charge is 0.338 e. The summed E-state index contributed by atoms with van der Waals surface area (Å²) in [5.41, 5.74) is 0.730. The van der Waals surface area contributed by atoms with Crippen LogP contribution in [0.5, 0.6) is 0 Å². The zero-order valence-corrected chi connectivity index (χ0v) is 16.7. The number of nitrogens with zero attached hydrogens (tertiary/aromatic N) is 4. The molecule has 3 aliphatic heterocycles. The van der Waals surface area contributed by atoms with Crippen LogP contribution < -0.4 is 14.7 Å². The maximum Gasteiger partial charge on any atom is 0.338 e. The predicted octanol–water partition coefficient (Wildman–Crippen LogP) is 3.35. The van der Waals surface area contributed by atoms with Gasteiger partial charge in [-0.05, 0) is 37.4 Å². The molecule has 2 saturated heterocycles. The number of hydrogen-bond donors (Lipinski definition) is 0. The van der Waals surface area contributed by atoms with Gasteiger partial charge in [0.15, 0.2) is 0 Å². The molecule has 1 spiro atoms. The van der Waals surface area contributed by atoms with Crippen LogP contribution in [0.4, 0.5) is 21.9 Å². The Morgan fingerprint density at radius 3 is 1.97 bits per heavy atom. The van der Waals surface area contributed by atoms with Crippen molar-refractivity contribution in [3.63, 3.8) is 0 Å². The number of likely N-dealkylation sites (N-methyl/N-ethyl adjacent to an activating group) is 1. The molecule has 2 atom stereocenters. The average molecular weight is 410 g/mol. The molecule has 3 heterocycles. The first-order chi connectivity index (χ1) is 15.1. The fraction of sp³-hybridized carbons (Fsp3) is 0.125. The lowest BCUT2D eigenvalue weighted by Gasteiger charge is -2.41. The van der Waals surface area contributed by atoms with Crippen molar-refractivity contribution >= 4 is 34.9 Å². The minimum Gasteiger partial charge on any atom is -0.288 e. The molecule has 0 aromatic heterocycles. The third-order valence-electron chi connectivity index (χ3n) is 6.35. The molecule has 3 aliphatic rings. The summed E-state index contributed by atoms with van der Waals surface area (Å²) in [6.45, 7) is 0. The molecule has 7 heteroatoms. The van der Waals surface area contributed by atoms with Gasteiger partial charge in [-0.1, -0.05) is 54.6 Å². The number of benzene rings is 3. The van der Waals surface area contributed by atoms with Crippen molar-refractivity contribution in [3.05, 3.63) is 90.5 Å². The highest BCUT2D eigenvalue weighted by atomic mass is 16.2. The summed E-state index contributed by atoms with van der Waals surface area (Å²) in [4.78, 5) is 47.4. The number of anilines is 3. The fourth-order valence-corrected chi connectivity index (χ4v) is 5.04. The van der Waals surface area contributed by atoms with Gasteiger partial charge in [0.25, 0.3) is 17.5 Å². The van der Waals surface area contributed by atoms with Crippen LogP contribution in [0.2, 0.25) is 0 Å². The molecule has 2 fully saturated rings. The maximum atomic E-state index is 14.0. The van der Waals surface area contributed by atoms with Crippen LogP contribution in [-0.2, 0) is 9.59 Å². The molecule has 152 valence electrons. The number of carbonyl (C=O) groups excluding carboxylic acids is 3. The van der Waals surface area contributed by atoms with Crippen molar-refractivity contribution in [2.45, 2.75) is 11.8 Å². The van der Waals surface area contributed by atoms with E-state index in [1.165, 1.54) is 4.90 Å². The molecular weight excluding hydrogens is 392 g/mol. The van der Waals surface area contributed by atoms with E-state index < -0.39 is 29.7 Å². The van der Waals surface area contributed by atoms with Gasteiger partial charge in [0.2, 0.25) is 0 Å². The zero-order valence-electron chi connectivity index (χ0n) is 16.7. The Hall–Kier alpha value is -3.97. The Kier molecular flexibility index (Phi) is 3.47. The summed E-state index contributed by atoms with van der Waals surface area (Å²) < 4.78 is 0. The second-order valence-corrected chi connectivity index (χ2v) is 7.82. The molecule has 0 aliphatic carbocycles. The van der Waals surface area contributed by atoms with E-state index in [0.29, 0.717) is 17.1 Å². The number of urea groups is 1. The van der Waals surface area contributed by atoms with Crippen LogP contribution in [0.3, 0.4) is 0 Å². The molecule has 4 amide bonds. The first-order valence-electron chi connectivity index (χ1n) is 10.0. The number of amides is 4. The second kappa shape index (κ2) is 6.02. The topological polar surface area (TPSA) is 64.2 Å². The third kappa shape index (κ3) is 1.98. The van der Waals surface area contributed by atoms with E-state index in [0.717, 1.165) is 10.5 Å². The number of imide groups is 1. The van der Waals surface area contributed by atoms with Crippen molar-refractivity contribution in [2.75, 3.05) is 21.7 Å². The predicted molar refractivity (Wildman–Crippen MR) is 115 cm³/mol. The average Bonchev–Trinajstić information content (AvgIpc) is 3.13. The maximum absolute atomic E-state index is 14.0. The minimum atomic E-state index is -1.76. The van der Waals surface area contributed by atoms with E-state index in [9.17, 15) is 14.4 Å². The van der Waals surface area contributed by atoms with Gasteiger partial charge in [-0.25, -0.2) is 14.6 Å². The van der Waals surface area contributed by atoms with E-state index >= 15 is 0 Å². The highest BCUT2D eigenvalue weighted by Crippen LogP contribution is 2.55. The summed E-state index contributed by atoms with van der Waals surface area (Å²) >= 11 is 0. The van der Waals surface area contributed by atoms with Gasteiger partial charge in [0.1, 0.15) is 6.17 Å². The lowest BCUT2D eigenvalue weighted by Crippen LogP contribution is -2.64. The Balaban J connectivity index is 1.64. The van der Waals surface area contributed by atoms with Gasteiger partial charge < -0.3 is 0 Å². The lowest BCUT2D eigenvalue weighted by atomic mass is 10.00. The summed E-state index contributed by atoms with van der Waals surface area (Å²) in [7, 11) is 1.73. The smallest absolute Gasteiger partial charge is 0.288 e. The van der Waals surface area contributed by atoms with Gasteiger partial charge in [-0.2, -0.15) is 0 Å². The van der Waals surface area contributed by atoms with E-state index in [2.05, 4.69) is 0 Å². The van der Waals surface area contributed by atoms with Crippen molar-refractivity contribution in [2.24, 2.45) is 0 Å². The van der Waals surface area contributed by atoms with E-state index in [-0.39, 0.29) is 0 Å². The van der Waals surface area contributed by atoms with Crippen molar-refractivity contribution < 1.29 is 14.4 Å². The Morgan fingerprint density at radius 2 is 1.29 bits per heavy atom. The summed E-state index contributed by atoms with van der Waals surface area (Å²) in [6, 6.07) is 24.9. The van der Waals surface area contributed by atoms with Gasteiger partial charge in [0.05, 0.1) is 11.4 Å². The molecule has 3 aromatic carbocycles. The van der Waals surface area contributed by atoms with Crippen LogP contribution in [-0.4, -0.2) is 35.5 Å². The highest BCUT2D eigenvalue weighted by Gasteiger charge is 2.75. The molecule has 0 N–H and O–H groups in total. The number of carbonyl (C=O) groups is 3. The highest BCUT2D eigenvalue weighted by molar-refractivity contribution is 6.40. The lowest BCUT2D eigenvalue weighted by molar-refractivity contribution is -0.135. The van der Waals surface area contributed by atoms with Crippen molar-refractivity contribution in [3.8, 4) is 0 Å². The number of hydrogen-bond acceptors (Lipinski definition) is 4. The van der Waals surface area contributed by atoms with Gasteiger partial charge in [-0.15, -0.1) is 0 Å². The quantitative estimate of drug-likeness (QED) is 0.480. The molecule has 3 aromatic rings. The second-order valence-electron chi connectivity index (χ2n) is 7.82. The molecular formula is C24H18N4O3. The fourth-order valence-electron chi connectivity index (χ4n) is 5.04. The zero-order chi connectivity index (χ0) is 21.3. The van der Waals surface area contributed by atoms with Crippen LogP contribution in [0.15, 0.2) is 84.9 Å². The summed E-state index contributed by atoms with van der Waals surface area (Å²) in [5.74, 6) is -0.992. The molecule has 7 nitrogen and oxygen atoms in total. The molecule has 31 heavy (non-hydrogen) atoms. The Labute approximate surface area is 178 Å². The molecule has 0 saturated carbocycles. The normalized spacial score (nSPS) is 24.6. The Morgan fingerprint density at radius 1 is 0.710 bits per heavy atom. The van der Waals surface area contributed by atoms with Gasteiger partial charge >= 0.3 is 6.03 Å². The standard InChI is InChI=1S/C24H18N4O3/c1-25-20-18-14-8-9-15-19(18)28-23(31)27(17-12-6-3-7-13-17)22(30)24(25,28)21(29)26(20)16-10-4-2-5-11-16/h2-15,20H,1H3. The van der Waals surface area contributed by atoms with E-state index in [4.69, 9.17) is 0 Å². The first kappa shape index (κ1) is 17.9. The number of para-hydroxylation sites is 3. The molecule has 2 bridgehead atoms.